The number of guanidine groups is 1. The highest BCUT2D eigenvalue weighted by atomic mass is 16.5. The lowest BCUT2D eigenvalue weighted by molar-refractivity contribution is 0.141. The van der Waals surface area contributed by atoms with Crippen molar-refractivity contribution in [1.82, 2.24) is 10.6 Å². The number of hydrogen-bond acceptors (Lipinski definition) is 2. The zero-order valence-electron chi connectivity index (χ0n) is 13.2. The monoisotopic (exact) mass is 281 g/mol. The molecule has 2 rings (SSSR count). The molecule has 0 bridgehead atoms. The van der Waals surface area contributed by atoms with Gasteiger partial charge in [-0.3, -0.25) is 4.99 Å². The van der Waals surface area contributed by atoms with E-state index < -0.39 is 0 Å². The molecule has 2 aliphatic rings. The molecule has 0 aromatic rings. The Kier molecular flexibility index (Phi) is 6.14. The highest BCUT2D eigenvalue weighted by Gasteiger charge is 2.33. The van der Waals surface area contributed by atoms with E-state index >= 15 is 0 Å². The van der Waals surface area contributed by atoms with E-state index in [1.807, 2.05) is 0 Å². The number of ether oxygens (including phenoxy) is 1. The van der Waals surface area contributed by atoms with Crippen molar-refractivity contribution in [2.75, 3.05) is 33.4 Å². The molecule has 0 atom stereocenters. The lowest BCUT2D eigenvalue weighted by Gasteiger charge is -2.27. The van der Waals surface area contributed by atoms with E-state index in [1.54, 1.807) is 7.11 Å². The van der Waals surface area contributed by atoms with Crippen molar-refractivity contribution in [3.63, 3.8) is 0 Å². The van der Waals surface area contributed by atoms with E-state index in [2.05, 4.69) is 17.6 Å². The summed E-state index contributed by atoms with van der Waals surface area (Å²) in [6, 6.07) is 0. The molecule has 0 radical (unpaired) electrons. The first-order valence-electron chi connectivity index (χ1n) is 8.29. The van der Waals surface area contributed by atoms with Gasteiger partial charge in [0.15, 0.2) is 5.96 Å². The summed E-state index contributed by atoms with van der Waals surface area (Å²) in [6.07, 6.45) is 9.23. The molecule has 0 spiro atoms. The van der Waals surface area contributed by atoms with Crippen LogP contribution in [-0.4, -0.2) is 39.3 Å². The van der Waals surface area contributed by atoms with Crippen LogP contribution in [0.4, 0.5) is 0 Å². The van der Waals surface area contributed by atoms with Gasteiger partial charge in [-0.05, 0) is 50.4 Å². The second-order valence-electron chi connectivity index (χ2n) is 6.47. The summed E-state index contributed by atoms with van der Waals surface area (Å²) >= 11 is 0. The van der Waals surface area contributed by atoms with Gasteiger partial charge in [-0.2, -0.15) is 0 Å². The smallest absolute Gasteiger partial charge is 0.191 e. The number of rotatable bonds is 8. The molecule has 2 saturated carbocycles. The van der Waals surface area contributed by atoms with E-state index in [0.29, 0.717) is 5.41 Å². The van der Waals surface area contributed by atoms with Crippen molar-refractivity contribution < 1.29 is 4.74 Å². The first-order valence-corrected chi connectivity index (χ1v) is 8.29. The van der Waals surface area contributed by atoms with Crippen molar-refractivity contribution in [2.24, 2.45) is 16.3 Å². The molecule has 2 aliphatic carbocycles. The molecule has 4 nitrogen and oxygen atoms in total. The van der Waals surface area contributed by atoms with Crippen LogP contribution >= 0.6 is 0 Å². The van der Waals surface area contributed by atoms with Crippen molar-refractivity contribution in [3.8, 4) is 0 Å². The predicted octanol–water partition coefficient (Wildman–Crippen LogP) is 2.55. The molecular formula is C16H31N3O. The third-order valence-electron chi connectivity index (χ3n) is 4.67. The van der Waals surface area contributed by atoms with Gasteiger partial charge in [0.1, 0.15) is 0 Å². The van der Waals surface area contributed by atoms with Crippen LogP contribution in [0.1, 0.15) is 51.9 Å². The Balaban J connectivity index is 1.86. The van der Waals surface area contributed by atoms with Gasteiger partial charge < -0.3 is 15.4 Å². The fraction of sp³-hybridized carbons (Fsp3) is 0.938. The summed E-state index contributed by atoms with van der Waals surface area (Å²) in [4.78, 5) is 4.86. The molecule has 2 N–H and O–H groups in total. The number of nitrogens with one attached hydrogen (secondary N) is 2. The lowest BCUT2D eigenvalue weighted by Crippen LogP contribution is -2.39. The topological polar surface area (TPSA) is 45.7 Å². The van der Waals surface area contributed by atoms with Crippen LogP contribution in [0, 0.1) is 11.3 Å². The van der Waals surface area contributed by atoms with Gasteiger partial charge in [0.05, 0.1) is 0 Å². The molecule has 0 aromatic carbocycles. The van der Waals surface area contributed by atoms with Crippen LogP contribution in [0.5, 0.6) is 0 Å². The van der Waals surface area contributed by atoms with Crippen LogP contribution in [0.3, 0.4) is 0 Å². The van der Waals surface area contributed by atoms with Gasteiger partial charge in [-0.25, -0.2) is 0 Å². The summed E-state index contributed by atoms with van der Waals surface area (Å²) in [5, 5.41) is 6.86. The molecular weight excluding hydrogens is 250 g/mol. The number of methoxy groups -OCH3 is 1. The largest absolute Gasteiger partial charge is 0.385 e. The summed E-state index contributed by atoms with van der Waals surface area (Å²) in [7, 11) is 1.80. The molecule has 116 valence electrons. The Bertz CT molecular complexity index is 307. The molecule has 0 aromatic heterocycles. The zero-order valence-corrected chi connectivity index (χ0v) is 13.2. The Morgan fingerprint density at radius 3 is 2.60 bits per heavy atom. The molecule has 20 heavy (non-hydrogen) atoms. The molecule has 0 unspecified atom stereocenters. The standard InChI is InChI=1S/C16H31N3O/c1-3-17-15(18-12-14-6-7-14)19-13-16(10-11-20-2)8-4-5-9-16/h14H,3-13H2,1-2H3,(H2,17,18,19). The summed E-state index contributed by atoms with van der Waals surface area (Å²) < 4.78 is 5.29. The van der Waals surface area contributed by atoms with Crippen molar-refractivity contribution in [1.29, 1.82) is 0 Å². The minimum Gasteiger partial charge on any atom is -0.385 e. The van der Waals surface area contributed by atoms with Gasteiger partial charge in [-0.1, -0.05) is 12.8 Å². The van der Waals surface area contributed by atoms with Crippen LogP contribution < -0.4 is 10.6 Å². The molecule has 0 amide bonds. The third kappa shape index (κ3) is 4.97. The predicted molar refractivity (Wildman–Crippen MR) is 84.1 cm³/mol. The number of hydrogen-bond donors (Lipinski definition) is 2. The van der Waals surface area contributed by atoms with E-state index in [4.69, 9.17) is 9.73 Å². The minimum absolute atomic E-state index is 0.387. The average Bonchev–Trinajstić information content (AvgIpc) is 3.18. The highest BCUT2D eigenvalue weighted by molar-refractivity contribution is 5.79. The third-order valence-corrected chi connectivity index (χ3v) is 4.67. The van der Waals surface area contributed by atoms with Gasteiger partial charge in [-0.15, -0.1) is 0 Å². The fourth-order valence-corrected chi connectivity index (χ4v) is 3.08. The van der Waals surface area contributed by atoms with Crippen LogP contribution in [0.15, 0.2) is 4.99 Å². The normalized spacial score (nSPS) is 22.0. The fourth-order valence-electron chi connectivity index (χ4n) is 3.08. The SMILES string of the molecule is CCNC(=NCC1(CCOC)CCCC1)NCC1CC1. The Morgan fingerprint density at radius 2 is 2.00 bits per heavy atom. The van der Waals surface area contributed by atoms with E-state index in [9.17, 15) is 0 Å². The van der Waals surface area contributed by atoms with Crippen molar-refractivity contribution in [2.45, 2.75) is 51.9 Å². The second-order valence-corrected chi connectivity index (χ2v) is 6.47. The zero-order chi connectivity index (χ0) is 14.3. The Labute approximate surface area is 123 Å². The average molecular weight is 281 g/mol. The van der Waals surface area contributed by atoms with E-state index in [0.717, 1.165) is 44.5 Å². The summed E-state index contributed by atoms with van der Waals surface area (Å²) in [6.45, 7) is 5.95. The van der Waals surface area contributed by atoms with E-state index in [1.165, 1.54) is 38.5 Å². The van der Waals surface area contributed by atoms with E-state index in [-0.39, 0.29) is 0 Å². The van der Waals surface area contributed by atoms with Crippen LogP contribution in [0.2, 0.25) is 0 Å². The Hall–Kier alpha value is -0.770. The van der Waals surface area contributed by atoms with Gasteiger partial charge in [0, 0.05) is 33.4 Å². The second kappa shape index (κ2) is 7.87. The maximum Gasteiger partial charge on any atom is 0.191 e. The maximum absolute atomic E-state index is 5.29. The molecule has 0 heterocycles. The van der Waals surface area contributed by atoms with Gasteiger partial charge in [0.2, 0.25) is 0 Å². The molecule has 2 fully saturated rings. The Morgan fingerprint density at radius 1 is 1.25 bits per heavy atom. The first-order chi connectivity index (χ1) is 9.78. The summed E-state index contributed by atoms with van der Waals surface area (Å²) in [5.41, 5.74) is 0.387. The molecule has 0 saturated heterocycles. The molecule has 0 aliphatic heterocycles. The minimum atomic E-state index is 0.387. The van der Waals surface area contributed by atoms with Crippen molar-refractivity contribution in [3.05, 3.63) is 0 Å². The van der Waals surface area contributed by atoms with Gasteiger partial charge >= 0.3 is 0 Å². The lowest BCUT2D eigenvalue weighted by atomic mass is 9.83. The quantitative estimate of drug-likeness (QED) is 0.531. The highest BCUT2D eigenvalue weighted by Crippen LogP contribution is 2.41. The maximum atomic E-state index is 5.29. The number of nitrogens with zero attached hydrogens (tertiary/aromatic N) is 1. The van der Waals surface area contributed by atoms with Crippen LogP contribution in [-0.2, 0) is 4.74 Å². The van der Waals surface area contributed by atoms with Crippen molar-refractivity contribution >= 4 is 5.96 Å². The van der Waals surface area contributed by atoms with Gasteiger partial charge in [0.25, 0.3) is 0 Å². The first kappa shape index (κ1) is 15.6. The molecule has 4 heteroatoms. The summed E-state index contributed by atoms with van der Waals surface area (Å²) in [5.74, 6) is 1.89. The number of aliphatic imine (C=N–C) groups is 1. The van der Waals surface area contributed by atoms with Crippen LogP contribution in [0.25, 0.3) is 0 Å².